The van der Waals surface area contributed by atoms with E-state index in [1.54, 1.807) is 11.0 Å². The first-order valence-electron chi connectivity index (χ1n) is 10.2. The van der Waals surface area contributed by atoms with E-state index < -0.39 is 11.7 Å². The Morgan fingerprint density at radius 2 is 1.53 bits per heavy atom. The number of anilines is 3. The number of para-hydroxylation sites is 1. The van der Waals surface area contributed by atoms with Crippen molar-refractivity contribution in [2.45, 2.75) is 39.7 Å². The van der Waals surface area contributed by atoms with Gasteiger partial charge in [0.15, 0.2) is 0 Å². The van der Waals surface area contributed by atoms with Gasteiger partial charge in [-0.05, 0) is 47.7 Å². The standard InChI is InChI=1S/C26H26N2O2/c1-17-8-14-20(15-9-17)27-22-7-5-6-21-23(22)28(25(30)24(21)29)16-18-10-12-19(13-11-18)26(2,3)4/h5-15,27H,16H2,1-4H3. The number of aryl methyl sites for hydroxylation is 1. The van der Waals surface area contributed by atoms with E-state index in [0.29, 0.717) is 17.8 Å². The zero-order valence-corrected chi connectivity index (χ0v) is 17.8. The van der Waals surface area contributed by atoms with Crippen LogP contribution in [0.15, 0.2) is 66.7 Å². The fraction of sp³-hybridized carbons (Fsp3) is 0.231. The van der Waals surface area contributed by atoms with Gasteiger partial charge in [0.2, 0.25) is 0 Å². The van der Waals surface area contributed by atoms with Gasteiger partial charge in [0, 0.05) is 5.69 Å². The molecule has 3 aromatic rings. The summed E-state index contributed by atoms with van der Waals surface area (Å²) in [5.74, 6) is -0.938. The molecule has 4 nitrogen and oxygen atoms in total. The van der Waals surface area contributed by atoms with Crippen molar-refractivity contribution in [3.8, 4) is 0 Å². The molecule has 0 fully saturated rings. The number of carbonyl (C=O) groups excluding carboxylic acids is 2. The largest absolute Gasteiger partial charge is 0.354 e. The quantitative estimate of drug-likeness (QED) is 0.568. The highest BCUT2D eigenvalue weighted by molar-refractivity contribution is 6.52. The molecule has 1 aliphatic rings. The summed E-state index contributed by atoms with van der Waals surface area (Å²) in [6.45, 7) is 8.90. The molecule has 0 bridgehead atoms. The Kier molecular flexibility index (Phi) is 4.94. The first-order chi connectivity index (χ1) is 14.2. The smallest absolute Gasteiger partial charge is 0.299 e. The van der Waals surface area contributed by atoms with E-state index >= 15 is 0 Å². The van der Waals surface area contributed by atoms with Crippen molar-refractivity contribution in [1.29, 1.82) is 0 Å². The Labute approximate surface area is 177 Å². The number of ketones is 1. The third-order valence-corrected chi connectivity index (χ3v) is 5.48. The molecule has 0 saturated carbocycles. The van der Waals surface area contributed by atoms with E-state index in [-0.39, 0.29) is 5.41 Å². The van der Waals surface area contributed by atoms with Crippen LogP contribution in [0.3, 0.4) is 0 Å². The molecule has 4 heteroatoms. The van der Waals surface area contributed by atoms with E-state index in [9.17, 15) is 9.59 Å². The predicted molar refractivity (Wildman–Crippen MR) is 122 cm³/mol. The zero-order chi connectivity index (χ0) is 21.5. The SMILES string of the molecule is Cc1ccc(Nc2cccc3c2N(Cc2ccc(C(C)(C)C)cc2)C(=O)C3=O)cc1. The number of hydrogen-bond acceptors (Lipinski definition) is 3. The second kappa shape index (κ2) is 7.45. The molecule has 1 heterocycles. The van der Waals surface area contributed by atoms with Crippen molar-refractivity contribution in [3.63, 3.8) is 0 Å². The van der Waals surface area contributed by atoms with Gasteiger partial charge in [0.25, 0.3) is 11.7 Å². The topological polar surface area (TPSA) is 49.4 Å². The minimum atomic E-state index is -0.483. The molecule has 1 amide bonds. The summed E-state index contributed by atoms with van der Waals surface area (Å²) in [5, 5.41) is 3.37. The number of hydrogen-bond donors (Lipinski definition) is 1. The maximum atomic E-state index is 12.8. The lowest BCUT2D eigenvalue weighted by Gasteiger charge is -2.22. The zero-order valence-electron chi connectivity index (χ0n) is 17.8. The molecule has 3 aromatic carbocycles. The van der Waals surface area contributed by atoms with Gasteiger partial charge in [0.1, 0.15) is 0 Å². The van der Waals surface area contributed by atoms with Crippen molar-refractivity contribution in [3.05, 3.63) is 89.0 Å². The average molecular weight is 399 g/mol. The monoisotopic (exact) mass is 398 g/mol. The van der Waals surface area contributed by atoms with Crippen LogP contribution < -0.4 is 10.2 Å². The van der Waals surface area contributed by atoms with Crippen LogP contribution in [0.1, 0.15) is 47.8 Å². The second-order valence-corrected chi connectivity index (χ2v) is 8.86. The van der Waals surface area contributed by atoms with Crippen LogP contribution in [0.2, 0.25) is 0 Å². The lowest BCUT2D eigenvalue weighted by atomic mass is 9.87. The molecular weight excluding hydrogens is 372 g/mol. The molecule has 0 aliphatic carbocycles. The van der Waals surface area contributed by atoms with Crippen molar-refractivity contribution in [2.75, 3.05) is 10.2 Å². The lowest BCUT2D eigenvalue weighted by molar-refractivity contribution is -0.114. The molecule has 1 aliphatic heterocycles. The number of nitrogens with zero attached hydrogens (tertiary/aromatic N) is 1. The number of Topliss-reactive ketones (excluding diaryl/α,β-unsaturated/α-hetero) is 1. The number of nitrogens with one attached hydrogen (secondary N) is 1. The summed E-state index contributed by atoms with van der Waals surface area (Å²) in [6, 6.07) is 21.7. The second-order valence-electron chi connectivity index (χ2n) is 8.86. The average Bonchev–Trinajstić information content (AvgIpc) is 2.95. The number of carbonyl (C=O) groups is 2. The van der Waals surface area contributed by atoms with Crippen LogP contribution in [-0.4, -0.2) is 11.7 Å². The Morgan fingerprint density at radius 3 is 2.17 bits per heavy atom. The van der Waals surface area contributed by atoms with E-state index in [4.69, 9.17) is 0 Å². The molecule has 0 radical (unpaired) electrons. The Balaban J connectivity index is 1.67. The van der Waals surface area contributed by atoms with Crippen LogP contribution in [-0.2, 0) is 16.8 Å². The first kappa shape index (κ1) is 19.9. The van der Waals surface area contributed by atoms with Crippen molar-refractivity contribution in [2.24, 2.45) is 0 Å². The molecule has 152 valence electrons. The first-order valence-corrected chi connectivity index (χ1v) is 10.2. The van der Waals surface area contributed by atoms with Crippen molar-refractivity contribution in [1.82, 2.24) is 0 Å². The molecule has 1 N–H and O–H groups in total. The minimum Gasteiger partial charge on any atom is -0.354 e. The van der Waals surface area contributed by atoms with Crippen molar-refractivity contribution < 1.29 is 9.59 Å². The van der Waals surface area contributed by atoms with Gasteiger partial charge < -0.3 is 5.32 Å². The van der Waals surface area contributed by atoms with Crippen molar-refractivity contribution >= 4 is 28.8 Å². The van der Waals surface area contributed by atoms with Gasteiger partial charge in [-0.2, -0.15) is 0 Å². The Morgan fingerprint density at radius 1 is 0.867 bits per heavy atom. The third kappa shape index (κ3) is 3.73. The summed E-state index contributed by atoms with van der Waals surface area (Å²) in [6.07, 6.45) is 0. The van der Waals surface area contributed by atoms with Crippen LogP contribution in [0, 0.1) is 6.92 Å². The van der Waals surface area contributed by atoms with Gasteiger partial charge in [-0.3, -0.25) is 14.5 Å². The highest BCUT2D eigenvalue weighted by atomic mass is 16.2. The third-order valence-electron chi connectivity index (χ3n) is 5.48. The fourth-order valence-corrected chi connectivity index (χ4v) is 3.69. The fourth-order valence-electron chi connectivity index (χ4n) is 3.69. The molecule has 0 atom stereocenters. The summed E-state index contributed by atoms with van der Waals surface area (Å²) >= 11 is 0. The highest BCUT2D eigenvalue weighted by Gasteiger charge is 2.37. The summed E-state index contributed by atoms with van der Waals surface area (Å²) in [7, 11) is 0. The van der Waals surface area contributed by atoms with E-state index in [1.165, 1.54) is 11.1 Å². The minimum absolute atomic E-state index is 0.0652. The predicted octanol–water partition coefficient (Wildman–Crippen LogP) is 5.77. The molecule has 30 heavy (non-hydrogen) atoms. The number of amides is 1. The van der Waals surface area contributed by atoms with Crippen LogP contribution in [0.25, 0.3) is 0 Å². The van der Waals surface area contributed by atoms with Gasteiger partial charge in [-0.1, -0.05) is 68.8 Å². The summed E-state index contributed by atoms with van der Waals surface area (Å²) < 4.78 is 0. The Hall–Kier alpha value is -3.40. The van der Waals surface area contributed by atoms with E-state index in [2.05, 4.69) is 38.2 Å². The van der Waals surface area contributed by atoms with Gasteiger partial charge in [0.05, 0.1) is 23.5 Å². The number of benzene rings is 3. The van der Waals surface area contributed by atoms with Crippen LogP contribution in [0.5, 0.6) is 0 Å². The molecule has 4 rings (SSSR count). The Bertz CT molecular complexity index is 1110. The van der Waals surface area contributed by atoms with Crippen LogP contribution >= 0.6 is 0 Å². The number of fused-ring (bicyclic) bond motifs is 1. The van der Waals surface area contributed by atoms with Crippen LogP contribution in [0.4, 0.5) is 17.1 Å². The maximum Gasteiger partial charge on any atom is 0.299 e. The number of rotatable bonds is 4. The normalized spacial score (nSPS) is 13.5. The molecule has 0 aromatic heterocycles. The summed E-state index contributed by atoms with van der Waals surface area (Å²) in [4.78, 5) is 27.0. The van der Waals surface area contributed by atoms with E-state index in [1.807, 2.05) is 55.5 Å². The summed E-state index contributed by atoms with van der Waals surface area (Å²) in [5.41, 5.74) is 6.22. The lowest BCUT2D eigenvalue weighted by Crippen LogP contribution is -2.29. The van der Waals surface area contributed by atoms with Gasteiger partial charge in [-0.15, -0.1) is 0 Å². The maximum absolute atomic E-state index is 12.8. The van der Waals surface area contributed by atoms with Gasteiger partial charge in [-0.25, -0.2) is 0 Å². The molecule has 0 saturated heterocycles. The van der Waals surface area contributed by atoms with Gasteiger partial charge >= 0.3 is 0 Å². The highest BCUT2D eigenvalue weighted by Crippen LogP contribution is 2.38. The molecule has 0 unspecified atom stereocenters. The van der Waals surface area contributed by atoms with E-state index in [0.717, 1.165) is 16.9 Å². The molecule has 0 spiro atoms. The molecular formula is C26H26N2O2.